The average Bonchev–Trinajstić information content (AvgIpc) is 2.05. The standard InChI is InChI=1S/C6H10O4/c7-3-5(8)6-4-9-1-2-10-6/h6-7H,1-4H2. The number of ketones is 1. The van der Waals surface area contributed by atoms with Gasteiger partial charge in [-0.15, -0.1) is 0 Å². The van der Waals surface area contributed by atoms with Crippen molar-refractivity contribution in [3.05, 3.63) is 0 Å². The van der Waals surface area contributed by atoms with Gasteiger partial charge in [0, 0.05) is 0 Å². The van der Waals surface area contributed by atoms with Crippen LogP contribution in [0, 0.1) is 0 Å². The van der Waals surface area contributed by atoms with E-state index in [4.69, 9.17) is 14.6 Å². The molecule has 4 heteroatoms. The lowest BCUT2D eigenvalue weighted by molar-refractivity contribution is -0.147. The number of hydrogen-bond acceptors (Lipinski definition) is 4. The van der Waals surface area contributed by atoms with Crippen LogP contribution in [-0.2, 0) is 14.3 Å². The van der Waals surface area contributed by atoms with Gasteiger partial charge in [0.05, 0.1) is 19.8 Å². The van der Waals surface area contributed by atoms with Crippen LogP contribution in [0.5, 0.6) is 0 Å². The van der Waals surface area contributed by atoms with Crippen LogP contribution in [0.25, 0.3) is 0 Å². The Labute approximate surface area is 58.7 Å². The van der Waals surface area contributed by atoms with E-state index >= 15 is 0 Å². The highest BCUT2D eigenvalue weighted by Crippen LogP contribution is 2.00. The van der Waals surface area contributed by atoms with Gasteiger partial charge >= 0.3 is 0 Å². The normalized spacial score (nSPS) is 26.3. The maximum Gasteiger partial charge on any atom is 0.189 e. The summed E-state index contributed by atoms with van der Waals surface area (Å²) in [6.45, 7) is 0.791. The van der Waals surface area contributed by atoms with E-state index in [1.165, 1.54) is 0 Å². The van der Waals surface area contributed by atoms with Crippen molar-refractivity contribution in [1.29, 1.82) is 0 Å². The van der Waals surface area contributed by atoms with Crippen LogP contribution in [0.15, 0.2) is 0 Å². The van der Waals surface area contributed by atoms with Crippen molar-refractivity contribution in [1.82, 2.24) is 0 Å². The smallest absolute Gasteiger partial charge is 0.189 e. The number of carbonyl (C=O) groups is 1. The number of aliphatic hydroxyl groups is 1. The molecule has 58 valence electrons. The minimum atomic E-state index is -0.543. The summed E-state index contributed by atoms with van der Waals surface area (Å²) in [5.74, 6) is -0.306. The monoisotopic (exact) mass is 146 g/mol. The van der Waals surface area contributed by atoms with Gasteiger partial charge in [0.1, 0.15) is 12.7 Å². The van der Waals surface area contributed by atoms with E-state index in [9.17, 15) is 4.79 Å². The zero-order valence-electron chi connectivity index (χ0n) is 5.58. The molecule has 0 amide bonds. The van der Waals surface area contributed by atoms with E-state index in [1.807, 2.05) is 0 Å². The SMILES string of the molecule is O=C(CO)C1COCCO1. The van der Waals surface area contributed by atoms with Crippen molar-refractivity contribution in [3.8, 4) is 0 Å². The highest BCUT2D eigenvalue weighted by atomic mass is 16.6. The second-order valence-corrected chi connectivity index (χ2v) is 2.06. The summed E-state index contributed by atoms with van der Waals surface area (Å²) in [4.78, 5) is 10.7. The Kier molecular flexibility index (Phi) is 2.80. The van der Waals surface area contributed by atoms with Crippen LogP contribution in [0.3, 0.4) is 0 Å². The Hall–Kier alpha value is -0.450. The maximum absolute atomic E-state index is 10.7. The summed E-state index contributed by atoms with van der Waals surface area (Å²) < 4.78 is 9.94. The minimum absolute atomic E-state index is 0.277. The Morgan fingerprint density at radius 1 is 1.60 bits per heavy atom. The summed E-state index contributed by atoms with van der Waals surface area (Å²) in [5.41, 5.74) is 0. The number of rotatable bonds is 2. The fourth-order valence-electron chi connectivity index (χ4n) is 0.775. The molecular weight excluding hydrogens is 136 g/mol. The maximum atomic E-state index is 10.7. The minimum Gasteiger partial charge on any atom is -0.388 e. The van der Waals surface area contributed by atoms with Crippen molar-refractivity contribution in [3.63, 3.8) is 0 Å². The third-order valence-electron chi connectivity index (χ3n) is 1.33. The molecule has 0 aromatic heterocycles. The van der Waals surface area contributed by atoms with Gasteiger partial charge in [-0.05, 0) is 0 Å². The van der Waals surface area contributed by atoms with E-state index in [1.54, 1.807) is 0 Å². The molecule has 4 nitrogen and oxygen atoms in total. The molecule has 1 saturated heterocycles. The van der Waals surface area contributed by atoms with E-state index in [0.717, 1.165) is 0 Å². The molecule has 0 saturated carbocycles. The Bertz CT molecular complexity index is 117. The van der Waals surface area contributed by atoms with Crippen LogP contribution in [0.1, 0.15) is 0 Å². The van der Waals surface area contributed by atoms with E-state index in [2.05, 4.69) is 0 Å². The van der Waals surface area contributed by atoms with Crippen molar-refractivity contribution < 1.29 is 19.4 Å². The largest absolute Gasteiger partial charge is 0.388 e. The molecule has 0 aromatic carbocycles. The first-order chi connectivity index (χ1) is 4.84. The molecular formula is C6H10O4. The lowest BCUT2D eigenvalue weighted by atomic mass is 10.2. The molecule has 1 N–H and O–H groups in total. The predicted octanol–water partition coefficient (Wildman–Crippen LogP) is -1.04. The van der Waals surface area contributed by atoms with Gasteiger partial charge in [0.15, 0.2) is 5.78 Å². The molecule has 1 fully saturated rings. The first-order valence-corrected chi connectivity index (χ1v) is 3.17. The summed E-state index contributed by atoms with van der Waals surface area (Å²) in [5, 5.41) is 8.40. The summed E-state index contributed by atoms with van der Waals surface area (Å²) >= 11 is 0. The Morgan fingerprint density at radius 3 is 2.90 bits per heavy atom. The van der Waals surface area contributed by atoms with Crippen molar-refractivity contribution in [2.75, 3.05) is 26.4 Å². The van der Waals surface area contributed by atoms with E-state index in [-0.39, 0.29) is 12.4 Å². The van der Waals surface area contributed by atoms with Crippen molar-refractivity contribution in [2.45, 2.75) is 6.10 Å². The van der Waals surface area contributed by atoms with Gasteiger partial charge in [-0.25, -0.2) is 0 Å². The summed E-state index contributed by atoms with van der Waals surface area (Å²) in [6, 6.07) is 0. The topological polar surface area (TPSA) is 55.8 Å². The second-order valence-electron chi connectivity index (χ2n) is 2.06. The van der Waals surface area contributed by atoms with E-state index in [0.29, 0.717) is 13.2 Å². The third kappa shape index (κ3) is 1.76. The Balaban J connectivity index is 2.31. The lowest BCUT2D eigenvalue weighted by Gasteiger charge is -2.20. The highest BCUT2D eigenvalue weighted by Gasteiger charge is 2.20. The van der Waals surface area contributed by atoms with Crippen molar-refractivity contribution >= 4 is 5.78 Å². The van der Waals surface area contributed by atoms with Gasteiger partial charge in [0.2, 0.25) is 0 Å². The fourth-order valence-corrected chi connectivity index (χ4v) is 0.775. The summed E-state index contributed by atoms with van der Waals surface area (Å²) in [7, 11) is 0. The molecule has 1 heterocycles. The molecule has 1 aliphatic heterocycles. The second kappa shape index (κ2) is 3.65. The number of hydrogen-bond donors (Lipinski definition) is 1. The molecule has 1 atom stereocenters. The highest BCUT2D eigenvalue weighted by molar-refractivity contribution is 5.84. The quantitative estimate of drug-likeness (QED) is 0.540. The van der Waals surface area contributed by atoms with Crippen LogP contribution in [0.4, 0.5) is 0 Å². The molecule has 0 radical (unpaired) electrons. The van der Waals surface area contributed by atoms with Gasteiger partial charge < -0.3 is 14.6 Å². The molecule has 1 aliphatic rings. The van der Waals surface area contributed by atoms with Gasteiger partial charge in [-0.1, -0.05) is 0 Å². The first kappa shape index (κ1) is 7.65. The molecule has 0 spiro atoms. The van der Waals surface area contributed by atoms with Gasteiger partial charge in [0.25, 0.3) is 0 Å². The van der Waals surface area contributed by atoms with Crippen LogP contribution in [-0.4, -0.2) is 43.4 Å². The molecule has 1 unspecified atom stereocenters. The van der Waals surface area contributed by atoms with E-state index < -0.39 is 12.7 Å². The molecule has 10 heavy (non-hydrogen) atoms. The molecule has 0 aromatic rings. The summed E-state index contributed by atoms with van der Waals surface area (Å²) in [6.07, 6.45) is -0.543. The Morgan fingerprint density at radius 2 is 2.40 bits per heavy atom. The number of carbonyl (C=O) groups excluding carboxylic acids is 1. The fraction of sp³-hybridized carbons (Fsp3) is 0.833. The van der Waals surface area contributed by atoms with Gasteiger partial charge in [-0.2, -0.15) is 0 Å². The average molecular weight is 146 g/mol. The van der Waals surface area contributed by atoms with Crippen LogP contribution >= 0.6 is 0 Å². The number of aliphatic hydroxyl groups excluding tert-OH is 1. The lowest BCUT2D eigenvalue weighted by Crippen LogP contribution is -2.36. The van der Waals surface area contributed by atoms with Crippen LogP contribution in [0.2, 0.25) is 0 Å². The van der Waals surface area contributed by atoms with Crippen LogP contribution < -0.4 is 0 Å². The zero-order valence-corrected chi connectivity index (χ0v) is 5.58. The molecule has 1 rings (SSSR count). The van der Waals surface area contributed by atoms with Gasteiger partial charge in [-0.3, -0.25) is 4.79 Å². The third-order valence-corrected chi connectivity index (χ3v) is 1.33. The number of Topliss-reactive ketones (excluding diaryl/α,β-unsaturated/α-hetero) is 1. The molecule has 0 bridgehead atoms. The zero-order chi connectivity index (χ0) is 7.40. The predicted molar refractivity (Wildman–Crippen MR) is 32.7 cm³/mol. The molecule has 0 aliphatic carbocycles. The number of ether oxygens (including phenoxy) is 2. The first-order valence-electron chi connectivity index (χ1n) is 3.17. The van der Waals surface area contributed by atoms with Crippen molar-refractivity contribution in [2.24, 2.45) is 0 Å².